The standard InChI is InChI=1S/C22H25F3N4O4/c1-3-5-15-17(7-6-16-18(15)33-28-19(16)22(23,24)25)32-9-4-8-29(2)11-13(20(26)30)10-14(12-29)21(27)31/h6-7,10-11H,3-5,8-9,12H2,1-2H3,(H3-,26,27,30,31)/p+1. The molecule has 11 heteroatoms. The molecule has 0 bridgehead atoms. The first-order chi connectivity index (χ1) is 15.4. The van der Waals surface area contributed by atoms with Gasteiger partial charge in [-0.2, -0.15) is 13.2 Å². The number of amides is 2. The van der Waals surface area contributed by atoms with Crippen LogP contribution in [0.3, 0.4) is 0 Å². The summed E-state index contributed by atoms with van der Waals surface area (Å²) in [7, 11) is 1.83. The molecule has 0 fully saturated rings. The molecule has 1 atom stereocenters. The lowest BCUT2D eigenvalue weighted by molar-refractivity contribution is -0.855. The van der Waals surface area contributed by atoms with Crippen molar-refractivity contribution in [2.45, 2.75) is 32.4 Å². The molecule has 2 aromatic rings. The molecule has 1 aliphatic rings. The highest BCUT2D eigenvalue weighted by Gasteiger charge is 2.37. The normalized spacial score (nSPS) is 18.7. The molecule has 33 heavy (non-hydrogen) atoms. The number of hydrogen-bond donors (Lipinski definition) is 2. The third kappa shape index (κ3) is 5.36. The number of alkyl halides is 3. The van der Waals surface area contributed by atoms with Gasteiger partial charge in [0.25, 0.3) is 5.91 Å². The average molecular weight is 467 g/mol. The molecule has 1 aromatic carbocycles. The van der Waals surface area contributed by atoms with Gasteiger partial charge in [-0.05, 0) is 24.6 Å². The lowest BCUT2D eigenvalue weighted by atomic mass is 10.0. The van der Waals surface area contributed by atoms with Crippen molar-refractivity contribution in [3.8, 4) is 5.75 Å². The number of hydrogen-bond acceptors (Lipinski definition) is 5. The summed E-state index contributed by atoms with van der Waals surface area (Å²) in [6, 6.07) is 2.80. The van der Waals surface area contributed by atoms with E-state index >= 15 is 0 Å². The Morgan fingerprint density at radius 1 is 1.24 bits per heavy atom. The van der Waals surface area contributed by atoms with Gasteiger partial charge in [0, 0.05) is 12.0 Å². The lowest BCUT2D eigenvalue weighted by Crippen LogP contribution is -2.46. The van der Waals surface area contributed by atoms with Gasteiger partial charge in [-0.15, -0.1) is 0 Å². The van der Waals surface area contributed by atoms with Crippen molar-refractivity contribution in [2.24, 2.45) is 11.5 Å². The van der Waals surface area contributed by atoms with E-state index in [-0.39, 0.29) is 27.6 Å². The van der Waals surface area contributed by atoms with Crippen LogP contribution in [0.1, 0.15) is 31.0 Å². The number of ether oxygens (including phenoxy) is 1. The van der Waals surface area contributed by atoms with Crippen LogP contribution in [0.5, 0.6) is 5.75 Å². The Bertz CT molecular complexity index is 1140. The quantitative estimate of drug-likeness (QED) is 0.434. The molecule has 1 unspecified atom stereocenters. The van der Waals surface area contributed by atoms with Gasteiger partial charge in [0.1, 0.15) is 18.5 Å². The molecule has 2 amide bonds. The number of nitrogens with two attached hydrogens (primary N) is 2. The van der Waals surface area contributed by atoms with Crippen molar-refractivity contribution in [1.82, 2.24) is 5.16 Å². The summed E-state index contributed by atoms with van der Waals surface area (Å²) in [5.41, 5.74) is 10.8. The van der Waals surface area contributed by atoms with Gasteiger partial charge < -0.3 is 20.7 Å². The van der Waals surface area contributed by atoms with E-state index in [1.807, 2.05) is 14.0 Å². The number of quaternary nitrogens is 1. The number of nitrogens with zero attached hydrogens (tertiary/aromatic N) is 2. The largest absolute Gasteiger partial charge is 0.493 e. The van der Waals surface area contributed by atoms with Crippen LogP contribution in [0.25, 0.3) is 11.0 Å². The number of aromatic nitrogens is 1. The molecular formula is C22H26F3N4O4+. The monoisotopic (exact) mass is 467 g/mol. The molecule has 1 aliphatic heterocycles. The minimum atomic E-state index is -4.61. The fraction of sp³-hybridized carbons (Fsp3) is 0.409. The van der Waals surface area contributed by atoms with Crippen LogP contribution < -0.4 is 16.2 Å². The Morgan fingerprint density at radius 2 is 1.97 bits per heavy atom. The molecule has 0 aliphatic carbocycles. The first-order valence-corrected chi connectivity index (χ1v) is 10.4. The molecule has 2 heterocycles. The fourth-order valence-corrected chi connectivity index (χ4v) is 3.94. The number of rotatable bonds is 9. The van der Waals surface area contributed by atoms with Gasteiger partial charge in [0.2, 0.25) is 5.91 Å². The van der Waals surface area contributed by atoms with Gasteiger partial charge in [0.15, 0.2) is 11.3 Å². The lowest BCUT2D eigenvalue weighted by Gasteiger charge is -2.33. The second kappa shape index (κ2) is 9.26. The third-order valence-corrected chi connectivity index (χ3v) is 5.45. The third-order valence-electron chi connectivity index (χ3n) is 5.45. The van der Waals surface area contributed by atoms with Gasteiger partial charge >= 0.3 is 6.18 Å². The predicted molar refractivity (Wildman–Crippen MR) is 114 cm³/mol. The summed E-state index contributed by atoms with van der Waals surface area (Å²) in [5, 5.41) is 3.12. The fourth-order valence-electron chi connectivity index (χ4n) is 3.94. The van der Waals surface area contributed by atoms with Crippen LogP contribution in [0, 0.1) is 0 Å². The first kappa shape index (κ1) is 24.3. The predicted octanol–water partition coefficient (Wildman–Crippen LogP) is 2.81. The van der Waals surface area contributed by atoms with E-state index in [9.17, 15) is 22.8 Å². The summed E-state index contributed by atoms with van der Waals surface area (Å²) in [6.45, 7) is 2.97. The van der Waals surface area contributed by atoms with Crippen molar-refractivity contribution >= 4 is 22.8 Å². The molecule has 0 spiro atoms. The van der Waals surface area contributed by atoms with Crippen molar-refractivity contribution in [3.63, 3.8) is 0 Å². The Balaban J connectivity index is 1.73. The van der Waals surface area contributed by atoms with Crippen molar-refractivity contribution < 1.29 is 36.5 Å². The van der Waals surface area contributed by atoms with E-state index in [2.05, 4.69) is 5.16 Å². The number of halogens is 3. The van der Waals surface area contributed by atoms with Crippen LogP contribution in [0.15, 0.2) is 40.1 Å². The van der Waals surface area contributed by atoms with Gasteiger partial charge in [-0.1, -0.05) is 18.5 Å². The summed E-state index contributed by atoms with van der Waals surface area (Å²) in [6.07, 6.45) is 0.134. The molecule has 3 rings (SSSR count). The molecule has 0 radical (unpaired) electrons. The highest BCUT2D eigenvalue weighted by atomic mass is 19.4. The molecule has 8 nitrogen and oxygen atoms in total. The van der Waals surface area contributed by atoms with Crippen LogP contribution in [-0.4, -0.2) is 48.2 Å². The van der Waals surface area contributed by atoms with Crippen LogP contribution in [0.2, 0.25) is 0 Å². The van der Waals surface area contributed by atoms with E-state index in [1.165, 1.54) is 18.2 Å². The van der Waals surface area contributed by atoms with Crippen LogP contribution in [-0.2, 0) is 22.2 Å². The summed E-state index contributed by atoms with van der Waals surface area (Å²) in [4.78, 5) is 23.3. The zero-order valence-corrected chi connectivity index (χ0v) is 18.4. The summed E-state index contributed by atoms with van der Waals surface area (Å²) >= 11 is 0. The summed E-state index contributed by atoms with van der Waals surface area (Å²) < 4.78 is 50.6. The smallest absolute Gasteiger partial charge is 0.437 e. The second-order valence-electron chi connectivity index (χ2n) is 8.24. The number of benzene rings is 1. The Hall–Kier alpha value is -3.34. The zero-order valence-electron chi connectivity index (χ0n) is 18.4. The van der Waals surface area contributed by atoms with Crippen LogP contribution >= 0.6 is 0 Å². The van der Waals surface area contributed by atoms with E-state index in [1.54, 1.807) is 6.20 Å². The summed E-state index contributed by atoms with van der Waals surface area (Å²) in [5.74, 6) is -0.844. The number of carbonyl (C=O) groups is 2. The molecule has 0 saturated carbocycles. The number of likely N-dealkylation sites (N-methyl/N-ethyl adjacent to an activating group) is 1. The molecular weight excluding hydrogens is 441 g/mol. The molecule has 4 N–H and O–H groups in total. The number of fused-ring (bicyclic) bond motifs is 1. The van der Waals surface area contributed by atoms with Gasteiger partial charge in [-0.25, -0.2) is 0 Å². The minimum absolute atomic E-state index is 0.0713. The number of aryl methyl sites for hydroxylation is 1. The van der Waals surface area contributed by atoms with Crippen molar-refractivity contribution in [2.75, 3.05) is 26.7 Å². The van der Waals surface area contributed by atoms with E-state index in [0.717, 1.165) is 0 Å². The highest BCUT2D eigenvalue weighted by molar-refractivity contribution is 5.99. The van der Waals surface area contributed by atoms with E-state index in [0.29, 0.717) is 49.2 Å². The van der Waals surface area contributed by atoms with E-state index < -0.39 is 23.7 Å². The van der Waals surface area contributed by atoms with Gasteiger partial charge in [-0.3, -0.25) is 14.1 Å². The maximum atomic E-state index is 13.2. The molecule has 178 valence electrons. The SMILES string of the molecule is CCCc1c(OCCC[N+]2(C)C=C(C(N)=O)C=C(C(N)=O)C2)ccc2c(C(F)(F)F)noc12. The Labute approximate surface area is 188 Å². The second-order valence-corrected chi connectivity index (χ2v) is 8.24. The molecule has 1 aromatic heterocycles. The maximum absolute atomic E-state index is 13.2. The van der Waals surface area contributed by atoms with Crippen molar-refractivity contribution in [3.05, 3.63) is 46.8 Å². The average Bonchev–Trinajstić information content (AvgIpc) is 3.17. The molecule has 0 saturated heterocycles. The number of carbonyl (C=O) groups excluding carboxylic acids is 2. The minimum Gasteiger partial charge on any atom is -0.493 e. The topological polar surface area (TPSA) is 121 Å². The van der Waals surface area contributed by atoms with Crippen LogP contribution in [0.4, 0.5) is 13.2 Å². The Morgan fingerprint density at radius 3 is 2.58 bits per heavy atom. The maximum Gasteiger partial charge on any atom is 0.437 e. The van der Waals surface area contributed by atoms with E-state index in [4.69, 9.17) is 20.7 Å². The van der Waals surface area contributed by atoms with Gasteiger partial charge in [0.05, 0.1) is 36.7 Å². The highest BCUT2D eigenvalue weighted by Crippen LogP contribution is 2.38. The Kier molecular flexibility index (Phi) is 6.82. The zero-order chi connectivity index (χ0) is 24.4. The number of primary amides is 2. The van der Waals surface area contributed by atoms with Crippen molar-refractivity contribution in [1.29, 1.82) is 0 Å². The first-order valence-electron chi connectivity index (χ1n) is 10.4.